The standard InChI is InChI=1S/C14H21NO5/c1-14(6-9-2-3-10(14)20-9)13(18)15-7-8-4-5-19-11(8)12(16)17/h8-11H,2-7H2,1H3,(H,15,18)(H,16,17)/t8-,9+,10-,11-,14-/m0/s1. The number of hydrogen-bond acceptors (Lipinski definition) is 4. The third kappa shape index (κ3) is 2.20. The van der Waals surface area contributed by atoms with Gasteiger partial charge in [-0.25, -0.2) is 4.79 Å². The predicted octanol–water partition coefficient (Wildman–Crippen LogP) is 0.550. The van der Waals surface area contributed by atoms with Crippen molar-refractivity contribution in [2.75, 3.05) is 13.2 Å². The van der Waals surface area contributed by atoms with Gasteiger partial charge in [-0.15, -0.1) is 0 Å². The fourth-order valence-electron chi connectivity index (χ4n) is 3.71. The molecular weight excluding hydrogens is 262 g/mol. The van der Waals surface area contributed by atoms with Crippen molar-refractivity contribution in [3.63, 3.8) is 0 Å². The molecule has 3 rings (SSSR count). The minimum atomic E-state index is -0.948. The van der Waals surface area contributed by atoms with Gasteiger partial charge in [0.2, 0.25) is 5.91 Å². The minimum Gasteiger partial charge on any atom is -0.479 e. The van der Waals surface area contributed by atoms with Crippen LogP contribution >= 0.6 is 0 Å². The van der Waals surface area contributed by atoms with Crippen LogP contribution in [0.2, 0.25) is 0 Å². The summed E-state index contributed by atoms with van der Waals surface area (Å²) >= 11 is 0. The van der Waals surface area contributed by atoms with E-state index in [9.17, 15) is 9.59 Å². The number of carbonyl (C=O) groups excluding carboxylic acids is 1. The Morgan fingerprint density at radius 1 is 1.35 bits per heavy atom. The van der Waals surface area contributed by atoms with Gasteiger partial charge in [0.15, 0.2) is 6.10 Å². The first-order chi connectivity index (χ1) is 9.50. The van der Waals surface area contributed by atoms with E-state index in [2.05, 4.69) is 5.32 Å². The van der Waals surface area contributed by atoms with Crippen molar-refractivity contribution in [2.24, 2.45) is 11.3 Å². The molecule has 3 fully saturated rings. The van der Waals surface area contributed by atoms with E-state index in [1.807, 2.05) is 6.92 Å². The van der Waals surface area contributed by atoms with Gasteiger partial charge in [-0.3, -0.25) is 4.79 Å². The fourth-order valence-corrected chi connectivity index (χ4v) is 3.71. The second-order valence-corrected chi connectivity index (χ2v) is 6.33. The Hall–Kier alpha value is -1.14. The number of ether oxygens (including phenoxy) is 2. The summed E-state index contributed by atoms with van der Waals surface area (Å²) in [6.45, 7) is 2.76. The molecule has 0 aromatic heterocycles. The quantitative estimate of drug-likeness (QED) is 0.787. The number of aliphatic carboxylic acids is 1. The highest BCUT2D eigenvalue weighted by molar-refractivity contribution is 5.83. The molecular formula is C14H21NO5. The van der Waals surface area contributed by atoms with E-state index < -0.39 is 17.5 Å². The number of amides is 1. The Bertz CT molecular complexity index is 426. The zero-order chi connectivity index (χ0) is 14.3. The van der Waals surface area contributed by atoms with Crippen molar-refractivity contribution in [3.8, 4) is 0 Å². The molecule has 20 heavy (non-hydrogen) atoms. The Morgan fingerprint density at radius 3 is 2.75 bits per heavy atom. The molecule has 3 saturated heterocycles. The van der Waals surface area contributed by atoms with Gasteiger partial charge < -0.3 is 19.9 Å². The highest BCUT2D eigenvalue weighted by atomic mass is 16.5. The first kappa shape index (κ1) is 13.8. The van der Waals surface area contributed by atoms with Crippen LogP contribution in [0.4, 0.5) is 0 Å². The van der Waals surface area contributed by atoms with Gasteiger partial charge in [-0.2, -0.15) is 0 Å². The molecule has 3 aliphatic rings. The largest absolute Gasteiger partial charge is 0.479 e. The van der Waals surface area contributed by atoms with Gasteiger partial charge in [0.1, 0.15) is 0 Å². The molecule has 0 saturated carbocycles. The summed E-state index contributed by atoms with van der Waals surface area (Å²) in [5.74, 6) is -1.10. The SMILES string of the molecule is C[C@]1(C(=O)NC[C@@H]2CCO[C@@H]2C(=O)O)C[C@H]2CC[C@@H]1O2. The molecule has 3 aliphatic heterocycles. The maximum Gasteiger partial charge on any atom is 0.333 e. The molecule has 3 heterocycles. The van der Waals surface area contributed by atoms with Gasteiger partial charge >= 0.3 is 5.97 Å². The molecule has 1 amide bonds. The first-order valence-corrected chi connectivity index (χ1v) is 7.29. The van der Waals surface area contributed by atoms with E-state index in [1.165, 1.54) is 0 Å². The van der Waals surface area contributed by atoms with Crippen molar-refractivity contribution >= 4 is 11.9 Å². The van der Waals surface area contributed by atoms with E-state index in [0.29, 0.717) is 19.6 Å². The summed E-state index contributed by atoms with van der Waals surface area (Å²) in [5, 5.41) is 12.0. The normalized spacial score (nSPS) is 42.9. The summed E-state index contributed by atoms with van der Waals surface area (Å²) in [5.41, 5.74) is -0.457. The fraction of sp³-hybridized carbons (Fsp3) is 0.857. The molecule has 2 N–H and O–H groups in total. The van der Waals surface area contributed by atoms with Crippen LogP contribution in [0.1, 0.15) is 32.6 Å². The van der Waals surface area contributed by atoms with Crippen LogP contribution in [0.3, 0.4) is 0 Å². The minimum absolute atomic E-state index is 0.0132. The van der Waals surface area contributed by atoms with Crippen LogP contribution in [0.5, 0.6) is 0 Å². The second kappa shape index (κ2) is 5.00. The lowest BCUT2D eigenvalue weighted by atomic mass is 9.75. The third-order valence-corrected chi connectivity index (χ3v) is 4.97. The molecule has 5 atom stereocenters. The number of rotatable bonds is 4. The van der Waals surface area contributed by atoms with Crippen molar-refractivity contribution in [2.45, 2.75) is 50.9 Å². The van der Waals surface area contributed by atoms with Crippen molar-refractivity contribution < 1.29 is 24.2 Å². The zero-order valence-corrected chi connectivity index (χ0v) is 11.6. The Kier molecular flexibility index (Phi) is 3.46. The number of hydrogen-bond donors (Lipinski definition) is 2. The lowest BCUT2D eigenvalue weighted by Crippen LogP contribution is -2.47. The monoisotopic (exact) mass is 283 g/mol. The molecule has 0 aliphatic carbocycles. The molecule has 112 valence electrons. The summed E-state index contributed by atoms with van der Waals surface area (Å²) in [4.78, 5) is 23.4. The van der Waals surface area contributed by atoms with E-state index in [0.717, 1.165) is 19.3 Å². The van der Waals surface area contributed by atoms with Crippen LogP contribution in [-0.4, -0.2) is 48.4 Å². The van der Waals surface area contributed by atoms with Gasteiger partial charge in [0, 0.05) is 19.1 Å². The summed E-state index contributed by atoms with van der Waals surface area (Å²) in [6, 6.07) is 0. The highest BCUT2D eigenvalue weighted by Crippen LogP contribution is 2.47. The predicted molar refractivity (Wildman–Crippen MR) is 69.1 cm³/mol. The number of carboxylic acids is 1. The lowest BCUT2D eigenvalue weighted by molar-refractivity contribution is -0.149. The van der Waals surface area contributed by atoms with Crippen molar-refractivity contribution in [1.82, 2.24) is 5.32 Å². The molecule has 6 nitrogen and oxygen atoms in total. The molecule has 0 aromatic rings. The van der Waals surface area contributed by atoms with E-state index in [4.69, 9.17) is 14.6 Å². The summed E-state index contributed by atoms with van der Waals surface area (Å²) in [6.07, 6.45) is 2.88. The van der Waals surface area contributed by atoms with Crippen LogP contribution < -0.4 is 5.32 Å². The van der Waals surface area contributed by atoms with Crippen LogP contribution in [0.25, 0.3) is 0 Å². The molecule has 2 bridgehead atoms. The highest BCUT2D eigenvalue weighted by Gasteiger charge is 2.53. The maximum atomic E-state index is 12.4. The zero-order valence-electron chi connectivity index (χ0n) is 11.6. The number of carboxylic acid groups (broad SMARTS) is 1. The van der Waals surface area contributed by atoms with Crippen molar-refractivity contribution in [1.29, 1.82) is 0 Å². The first-order valence-electron chi connectivity index (χ1n) is 7.29. The molecule has 0 unspecified atom stereocenters. The maximum absolute atomic E-state index is 12.4. The Morgan fingerprint density at radius 2 is 2.15 bits per heavy atom. The van der Waals surface area contributed by atoms with Crippen molar-refractivity contribution in [3.05, 3.63) is 0 Å². The molecule has 0 spiro atoms. The van der Waals surface area contributed by atoms with E-state index in [-0.39, 0.29) is 24.0 Å². The Balaban J connectivity index is 1.56. The summed E-state index contributed by atoms with van der Waals surface area (Å²) < 4.78 is 10.9. The van der Waals surface area contributed by atoms with Crippen LogP contribution in [-0.2, 0) is 19.1 Å². The average Bonchev–Trinajstić information content (AvgIpc) is 3.10. The number of nitrogens with one attached hydrogen (secondary N) is 1. The van der Waals surface area contributed by atoms with Gasteiger partial charge in [0.05, 0.1) is 17.6 Å². The van der Waals surface area contributed by atoms with E-state index in [1.54, 1.807) is 0 Å². The molecule has 6 heteroatoms. The molecule has 0 aromatic carbocycles. The smallest absolute Gasteiger partial charge is 0.333 e. The topological polar surface area (TPSA) is 84.9 Å². The van der Waals surface area contributed by atoms with Gasteiger partial charge in [-0.1, -0.05) is 0 Å². The summed E-state index contributed by atoms with van der Waals surface area (Å²) in [7, 11) is 0. The van der Waals surface area contributed by atoms with Crippen LogP contribution in [0.15, 0.2) is 0 Å². The number of fused-ring (bicyclic) bond motifs is 2. The lowest BCUT2D eigenvalue weighted by Gasteiger charge is -2.30. The third-order valence-electron chi connectivity index (χ3n) is 4.97. The van der Waals surface area contributed by atoms with E-state index >= 15 is 0 Å². The average molecular weight is 283 g/mol. The Labute approximate surface area is 117 Å². The van der Waals surface area contributed by atoms with Gasteiger partial charge in [-0.05, 0) is 32.6 Å². The second-order valence-electron chi connectivity index (χ2n) is 6.33. The molecule has 0 radical (unpaired) electrons. The van der Waals surface area contributed by atoms with Gasteiger partial charge in [0.25, 0.3) is 0 Å². The number of carbonyl (C=O) groups is 2. The van der Waals surface area contributed by atoms with Crippen LogP contribution in [0, 0.1) is 11.3 Å².